The topological polar surface area (TPSA) is 77.4 Å². The van der Waals surface area contributed by atoms with Gasteiger partial charge in [-0.2, -0.15) is 8.78 Å². The third-order valence-corrected chi connectivity index (χ3v) is 2.43. The second-order valence-electron chi connectivity index (χ2n) is 2.63. The number of hydrogen-bond donors (Lipinski definition) is 1. The third-order valence-electron chi connectivity index (χ3n) is 1.49. The lowest BCUT2D eigenvalue weighted by molar-refractivity contribution is 0.0666. The fraction of sp³-hybridized carbons (Fsp3) is 1.00. The van der Waals surface area contributed by atoms with Gasteiger partial charge >= 0.3 is 5.25 Å². The minimum atomic E-state index is -5.54. The van der Waals surface area contributed by atoms with Crippen LogP contribution in [0.5, 0.6) is 0 Å². The predicted octanol–water partition coefficient (Wildman–Crippen LogP) is 0.677. The Morgan fingerprint density at radius 2 is 1.77 bits per heavy atom. The fourth-order valence-corrected chi connectivity index (χ4v) is 1.14. The number of aliphatic hydroxyl groups is 1. The number of rotatable bonds is 6. The van der Waals surface area contributed by atoms with Crippen molar-refractivity contribution in [3.8, 4) is 0 Å². The van der Waals surface area contributed by atoms with Crippen molar-refractivity contribution in [2.24, 2.45) is 0 Å². The molecule has 0 heterocycles. The molecule has 0 saturated heterocycles. The van der Waals surface area contributed by atoms with Gasteiger partial charge in [0.15, 0.2) is 10.1 Å². The molecule has 0 aromatic carbocycles. The fourth-order valence-electron chi connectivity index (χ4n) is 0.744. The Balaban J connectivity index is 3.91. The molecule has 0 aliphatic heterocycles. The van der Waals surface area contributed by atoms with E-state index in [1.807, 2.05) is 0 Å². The van der Waals surface area contributed by atoms with E-state index >= 15 is 0 Å². The normalized spacial score (nSPS) is 13.2. The molecule has 0 fully saturated rings. The molecule has 0 atom stereocenters. The SMILES string of the molecule is O=S(=O)([O-])C(F)(F)CCCCCO. The lowest BCUT2D eigenvalue weighted by Gasteiger charge is -2.19. The van der Waals surface area contributed by atoms with E-state index in [1.165, 1.54) is 0 Å². The summed E-state index contributed by atoms with van der Waals surface area (Å²) in [5.41, 5.74) is 0. The summed E-state index contributed by atoms with van der Waals surface area (Å²) in [6, 6.07) is 0. The summed E-state index contributed by atoms with van der Waals surface area (Å²) in [6.45, 7) is -0.129. The van der Waals surface area contributed by atoms with Crippen LogP contribution in [0.3, 0.4) is 0 Å². The van der Waals surface area contributed by atoms with E-state index in [2.05, 4.69) is 0 Å². The second-order valence-corrected chi connectivity index (χ2v) is 4.13. The first-order valence-corrected chi connectivity index (χ1v) is 5.16. The predicted molar refractivity (Wildman–Crippen MR) is 40.2 cm³/mol. The minimum absolute atomic E-state index is 0.0883. The highest BCUT2D eigenvalue weighted by molar-refractivity contribution is 7.86. The molecule has 0 radical (unpaired) electrons. The van der Waals surface area contributed by atoms with Crippen molar-refractivity contribution in [1.29, 1.82) is 0 Å². The average molecular weight is 217 g/mol. The van der Waals surface area contributed by atoms with Crippen molar-refractivity contribution in [1.82, 2.24) is 0 Å². The Morgan fingerprint density at radius 3 is 2.15 bits per heavy atom. The number of alkyl halides is 2. The number of unbranched alkanes of at least 4 members (excludes halogenated alkanes) is 2. The van der Waals surface area contributed by atoms with Crippen LogP contribution in [-0.2, 0) is 10.1 Å². The standard InChI is InChI=1S/C6H12F2O4S/c7-6(8,13(10,11)12)4-2-1-3-5-9/h9H,1-5H2,(H,10,11,12)/p-1. The minimum Gasteiger partial charge on any atom is -0.743 e. The first-order chi connectivity index (χ1) is 5.81. The molecule has 0 aliphatic carbocycles. The summed E-state index contributed by atoms with van der Waals surface area (Å²) in [7, 11) is -5.54. The van der Waals surface area contributed by atoms with Crippen molar-refractivity contribution < 1.29 is 26.9 Å². The van der Waals surface area contributed by atoms with Crippen molar-refractivity contribution in [3.05, 3.63) is 0 Å². The smallest absolute Gasteiger partial charge is 0.334 e. The molecule has 0 aliphatic rings. The van der Waals surface area contributed by atoms with Gasteiger partial charge in [-0.25, -0.2) is 8.42 Å². The molecule has 80 valence electrons. The summed E-state index contributed by atoms with van der Waals surface area (Å²) in [4.78, 5) is 0. The van der Waals surface area contributed by atoms with Gasteiger partial charge in [-0.1, -0.05) is 6.42 Å². The molecule has 0 aromatic rings. The van der Waals surface area contributed by atoms with Crippen LogP contribution in [-0.4, -0.2) is 29.9 Å². The molecule has 13 heavy (non-hydrogen) atoms. The Bertz CT molecular complexity index is 237. The maximum Gasteiger partial charge on any atom is 0.334 e. The highest BCUT2D eigenvalue weighted by atomic mass is 32.2. The van der Waals surface area contributed by atoms with E-state index in [1.54, 1.807) is 0 Å². The molecule has 0 rings (SSSR count). The monoisotopic (exact) mass is 217 g/mol. The van der Waals surface area contributed by atoms with Gasteiger partial charge in [0.25, 0.3) is 0 Å². The van der Waals surface area contributed by atoms with Crippen molar-refractivity contribution in [2.75, 3.05) is 6.61 Å². The number of hydrogen-bond acceptors (Lipinski definition) is 4. The van der Waals surface area contributed by atoms with Crippen LogP contribution >= 0.6 is 0 Å². The van der Waals surface area contributed by atoms with Gasteiger partial charge in [0, 0.05) is 13.0 Å². The zero-order valence-electron chi connectivity index (χ0n) is 6.87. The lowest BCUT2D eigenvalue weighted by Crippen LogP contribution is -2.28. The first-order valence-electron chi connectivity index (χ1n) is 3.75. The van der Waals surface area contributed by atoms with Gasteiger partial charge in [0.05, 0.1) is 0 Å². The maximum atomic E-state index is 12.4. The summed E-state index contributed by atoms with van der Waals surface area (Å²) in [5.74, 6) is 0. The Kier molecular flexibility index (Phi) is 4.72. The summed E-state index contributed by atoms with van der Waals surface area (Å²) < 4.78 is 54.7. The summed E-state index contributed by atoms with van der Waals surface area (Å²) >= 11 is 0. The van der Waals surface area contributed by atoms with E-state index in [0.29, 0.717) is 6.42 Å². The van der Waals surface area contributed by atoms with E-state index in [0.717, 1.165) is 0 Å². The molecule has 0 spiro atoms. The van der Waals surface area contributed by atoms with Gasteiger partial charge < -0.3 is 9.66 Å². The highest BCUT2D eigenvalue weighted by Crippen LogP contribution is 2.26. The quantitative estimate of drug-likeness (QED) is 0.524. The first kappa shape index (κ1) is 12.7. The van der Waals surface area contributed by atoms with Gasteiger partial charge in [-0.05, 0) is 12.8 Å². The van der Waals surface area contributed by atoms with Gasteiger partial charge in [0.1, 0.15) is 0 Å². The van der Waals surface area contributed by atoms with E-state index in [-0.39, 0.29) is 19.4 Å². The van der Waals surface area contributed by atoms with Crippen LogP contribution in [0.25, 0.3) is 0 Å². The van der Waals surface area contributed by atoms with Crippen LogP contribution in [0.2, 0.25) is 0 Å². The molecule has 0 bridgehead atoms. The summed E-state index contributed by atoms with van der Waals surface area (Å²) in [6.07, 6.45) is -0.454. The van der Waals surface area contributed by atoms with E-state index in [9.17, 15) is 21.8 Å². The van der Waals surface area contributed by atoms with Crippen LogP contribution in [0.4, 0.5) is 8.78 Å². The largest absolute Gasteiger partial charge is 0.743 e. The molecule has 0 saturated carbocycles. The molecule has 0 amide bonds. The molecule has 7 heteroatoms. The van der Waals surface area contributed by atoms with Crippen LogP contribution < -0.4 is 0 Å². The molecule has 4 nitrogen and oxygen atoms in total. The Morgan fingerprint density at radius 1 is 1.23 bits per heavy atom. The van der Waals surface area contributed by atoms with Crippen molar-refractivity contribution >= 4 is 10.1 Å². The molecule has 0 aromatic heterocycles. The van der Waals surface area contributed by atoms with E-state index < -0.39 is 21.8 Å². The number of halogens is 2. The van der Waals surface area contributed by atoms with Crippen LogP contribution in [0.15, 0.2) is 0 Å². The molecular formula is C6H11F2O4S-. The Hall–Kier alpha value is -0.270. The second kappa shape index (κ2) is 4.83. The van der Waals surface area contributed by atoms with Crippen molar-refractivity contribution in [2.45, 2.75) is 30.9 Å². The zero-order valence-corrected chi connectivity index (χ0v) is 7.69. The summed E-state index contributed by atoms with van der Waals surface area (Å²) in [5, 5.41) is 4.11. The highest BCUT2D eigenvalue weighted by Gasteiger charge is 2.36. The van der Waals surface area contributed by atoms with Gasteiger partial charge in [-0.3, -0.25) is 0 Å². The van der Waals surface area contributed by atoms with Gasteiger partial charge in [0.2, 0.25) is 0 Å². The van der Waals surface area contributed by atoms with Crippen LogP contribution in [0.1, 0.15) is 25.7 Å². The number of aliphatic hydroxyl groups excluding tert-OH is 1. The average Bonchev–Trinajstić information content (AvgIpc) is 1.96. The molecular weight excluding hydrogens is 206 g/mol. The maximum absolute atomic E-state index is 12.4. The van der Waals surface area contributed by atoms with Crippen LogP contribution in [0, 0.1) is 0 Å². The molecule has 0 unspecified atom stereocenters. The lowest BCUT2D eigenvalue weighted by atomic mass is 10.2. The van der Waals surface area contributed by atoms with Crippen molar-refractivity contribution in [3.63, 3.8) is 0 Å². The molecule has 1 N–H and O–H groups in total. The Labute approximate surface area is 75.3 Å². The third kappa shape index (κ3) is 4.49. The zero-order chi connectivity index (χ0) is 10.5. The van der Waals surface area contributed by atoms with E-state index in [4.69, 9.17) is 5.11 Å². The van der Waals surface area contributed by atoms with Gasteiger partial charge in [-0.15, -0.1) is 0 Å².